The van der Waals surface area contributed by atoms with Crippen LogP contribution in [0.5, 0.6) is 5.75 Å². The first kappa shape index (κ1) is 24.6. The molecule has 0 saturated heterocycles. The molecule has 36 heavy (non-hydrogen) atoms. The van der Waals surface area contributed by atoms with Gasteiger partial charge in [0.2, 0.25) is 0 Å². The van der Waals surface area contributed by atoms with E-state index in [9.17, 15) is 18.0 Å². The Hall–Kier alpha value is -3.10. The number of halogens is 3. The van der Waals surface area contributed by atoms with Crippen LogP contribution >= 0.6 is 0 Å². The monoisotopic (exact) mass is 500 g/mol. The maximum Gasteiger partial charge on any atom is 0.391 e. The first-order valence-electron chi connectivity index (χ1n) is 12.6. The van der Waals surface area contributed by atoms with Gasteiger partial charge in [-0.1, -0.05) is 32.0 Å². The van der Waals surface area contributed by atoms with Gasteiger partial charge in [0, 0.05) is 23.5 Å². The van der Waals surface area contributed by atoms with Crippen molar-refractivity contribution in [2.24, 2.45) is 5.92 Å². The maximum atomic E-state index is 13.5. The number of ether oxygens (including phenoxy) is 1. The van der Waals surface area contributed by atoms with Crippen molar-refractivity contribution < 1.29 is 22.7 Å². The standard InChI is InChI=1S/C27H31F3N4O2/c1-15(2)23-20(26(35)33-21-12-13-36-22-7-5-4-6-19(21)22)14-31-34-24(16(3)32-25(23)34)17-8-10-18(11-9-17)27(28,29)30/h4-7,14-15,17-18,21H,8-13H2,1-3H3,(H,33,35)/t17?,18?,21-/m0/s1. The molecule has 1 saturated carbocycles. The minimum absolute atomic E-state index is 0.00570. The zero-order valence-electron chi connectivity index (χ0n) is 20.7. The predicted molar refractivity (Wildman–Crippen MR) is 129 cm³/mol. The van der Waals surface area contributed by atoms with Crippen LogP contribution in [0.1, 0.15) is 96.7 Å². The van der Waals surface area contributed by atoms with Crippen molar-refractivity contribution in [1.82, 2.24) is 19.9 Å². The summed E-state index contributed by atoms with van der Waals surface area (Å²) in [5, 5.41) is 7.75. The Kier molecular flexibility index (Phi) is 6.43. The molecule has 1 N–H and O–H groups in total. The molecule has 0 unspecified atom stereocenters. The quantitative estimate of drug-likeness (QED) is 0.460. The van der Waals surface area contributed by atoms with Crippen molar-refractivity contribution in [3.8, 4) is 5.75 Å². The molecule has 5 rings (SSSR count). The number of para-hydroxylation sites is 1. The van der Waals surface area contributed by atoms with Crippen LogP contribution in [0.3, 0.4) is 0 Å². The van der Waals surface area contributed by atoms with Gasteiger partial charge in [-0.15, -0.1) is 0 Å². The SMILES string of the molecule is Cc1nc2c(C(C)C)c(C(=O)N[C@H]3CCOc4ccccc43)cnn2c1C1CCC(C(F)(F)F)CC1. The molecule has 0 spiro atoms. The number of nitrogens with one attached hydrogen (secondary N) is 1. The molecular formula is C27H31F3N4O2. The highest BCUT2D eigenvalue weighted by Crippen LogP contribution is 2.44. The van der Waals surface area contributed by atoms with Gasteiger partial charge in [-0.2, -0.15) is 18.3 Å². The molecule has 6 nitrogen and oxygen atoms in total. The van der Waals surface area contributed by atoms with Crippen molar-refractivity contribution in [2.45, 2.75) is 76.9 Å². The van der Waals surface area contributed by atoms with Crippen molar-refractivity contribution in [1.29, 1.82) is 0 Å². The average Bonchev–Trinajstić information content (AvgIpc) is 3.18. The number of aryl methyl sites for hydroxylation is 1. The van der Waals surface area contributed by atoms with Crippen LogP contribution in [0.4, 0.5) is 13.2 Å². The van der Waals surface area contributed by atoms with Crippen LogP contribution in [0.25, 0.3) is 5.65 Å². The first-order valence-corrected chi connectivity index (χ1v) is 12.6. The second kappa shape index (κ2) is 9.41. The Morgan fingerprint density at radius 1 is 1.14 bits per heavy atom. The van der Waals surface area contributed by atoms with Gasteiger partial charge in [-0.3, -0.25) is 4.79 Å². The molecule has 1 fully saturated rings. The van der Waals surface area contributed by atoms with Gasteiger partial charge in [0.05, 0.1) is 41.7 Å². The molecule has 192 valence electrons. The third-order valence-corrected chi connectivity index (χ3v) is 7.57. The van der Waals surface area contributed by atoms with E-state index in [0.29, 0.717) is 37.1 Å². The van der Waals surface area contributed by atoms with E-state index in [1.165, 1.54) is 0 Å². The van der Waals surface area contributed by atoms with Crippen LogP contribution < -0.4 is 10.1 Å². The smallest absolute Gasteiger partial charge is 0.391 e. The number of nitrogens with zero attached hydrogens (tertiary/aromatic N) is 3. The third-order valence-electron chi connectivity index (χ3n) is 7.57. The van der Waals surface area contributed by atoms with Gasteiger partial charge in [-0.05, 0) is 44.6 Å². The summed E-state index contributed by atoms with van der Waals surface area (Å²) in [6, 6.07) is 7.53. The van der Waals surface area contributed by atoms with Gasteiger partial charge in [0.1, 0.15) is 5.75 Å². The molecule has 0 bridgehead atoms. The number of carbonyl (C=O) groups is 1. The van der Waals surface area contributed by atoms with Crippen molar-refractivity contribution in [3.05, 3.63) is 58.5 Å². The fraction of sp³-hybridized carbons (Fsp3) is 0.519. The summed E-state index contributed by atoms with van der Waals surface area (Å²) in [6.45, 7) is 6.42. The number of aromatic nitrogens is 3. The number of alkyl halides is 3. The normalized spacial score (nSPS) is 22.4. The minimum atomic E-state index is -4.14. The number of imidazole rings is 1. The number of rotatable bonds is 4. The molecule has 1 aromatic carbocycles. The minimum Gasteiger partial charge on any atom is -0.493 e. The van der Waals surface area contributed by atoms with Crippen LogP contribution in [0, 0.1) is 12.8 Å². The number of fused-ring (bicyclic) bond motifs is 2. The molecule has 1 amide bonds. The molecule has 1 aliphatic carbocycles. The Morgan fingerprint density at radius 2 is 1.86 bits per heavy atom. The summed E-state index contributed by atoms with van der Waals surface area (Å²) in [4.78, 5) is 18.3. The lowest BCUT2D eigenvalue weighted by atomic mass is 9.80. The van der Waals surface area contributed by atoms with Gasteiger partial charge < -0.3 is 10.1 Å². The summed E-state index contributed by atoms with van der Waals surface area (Å²) in [7, 11) is 0. The highest BCUT2D eigenvalue weighted by atomic mass is 19.4. The summed E-state index contributed by atoms with van der Waals surface area (Å²) in [5.74, 6) is -0.722. The number of hydrogen-bond acceptors (Lipinski definition) is 4. The van der Waals surface area contributed by atoms with Gasteiger partial charge in [0.15, 0.2) is 5.65 Å². The van der Waals surface area contributed by atoms with E-state index in [1.54, 1.807) is 10.7 Å². The lowest BCUT2D eigenvalue weighted by Gasteiger charge is -2.30. The van der Waals surface area contributed by atoms with E-state index in [0.717, 1.165) is 28.3 Å². The summed E-state index contributed by atoms with van der Waals surface area (Å²) < 4.78 is 47.0. The van der Waals surface area contributed by atoms with Crippen molar-refractivity contribution in [3.63, 3.8) is 0 Å². The Balaban J connectivity index is 1.46. The highest BCUT2D eigenvalue weighted by Gasteiger charge is 2.42. The Labute approximate surface area is 208 Å². The zero-order valence-corrected chi connectivity index (χ0v) is 20.7. The van der Waals surface area contributed by atoms with Gasteiger partial charge in [-0.25, -0.2) is 9.50 Å². The van der Waals surface area contributed by atoms with E-state index >= 15 is 0 Å². The Bertz CT molecular complexity index is 1280. The molecule has 0 radical (unpaired) electrons. The summed E-state index contributed by atoms with van der Waals surface area (Å²) in [5.41, 5.74) is 4.44. The zero-order chi connectivity index (χ0) is 25.6. The van der Waals surface area contributed by atoms with Crippen LogP contribution in [-0.2, 0) is 0 Å². The molecule has 9 heteroatoms. The average molecular weight is 501 g/mol. The molecule has 2 aliphatic rings. The second-order valence-electron chi connectivity index (χ2n) is 10.2. The number of carbonyl (C=O) groups excluding carboxylic acids is 1. The summed E-state index contributed by atoms with van der Waals surface area (Å²) in [6.07, 6.45) is -0.769. The van der Waals surface area contributed by atoms with Crippen molar-refractivity contribution in [2.75, 3.05) is 6.61 Å². The third kappa shape index (κ3) is 4.44. The first-order chi connectivity index (χ1) is 17.1. The van der Waals surface area contributed by atoms with Crippen LogP contribution in [0.15, 0.2) is 30.5 Å². The fourth-order valence-corrected chi connectivity index (χ4v) is 5.77. The number of amides is 1. The molecule has 1 atom stereocenters. The second-order valence-corrected chi connectivity index (χ2v) is 10.2. The van der Waals surface area contributed by atoms with E-state index in [2.05, 4.69) is 10.4 Å². The van der Waals surface area contributed by atoms with Gasteiger partial charge in [0.25, 0.3) is 5.91 Å². The van der Waals surface area contributed by atoms with E-state index in [4.69, 9.17) is 9.72 Å². The van der Waals surface area contributed by atoms with E-state index < -0.39 is 12.1 Å². The molecular weight excluding hydrogens is 469 g/mol. The molecule has 1 aliphatic heterocycles. The van der Waals surface area contributed by atoms with Crippen LogP contribution in [-0.4, -0.2) is 33.3 Å². The molecule has 3 aromatic rings. The Morgan fingerprint density at radius 3 is 2.56 bits per heavy atom. The molecule has 3 heterocycles. The van der Waals surface area contributed by atoms with Gasteiger partial charge >= 0.3 is 6.18 Å². The molecule has 2 aromatic heterocycles. The topological polar surface area (TPSA) is 68.5 Å². The fourth-order valence-electron chi connectivity index (χ4n) is 5.77. The highest BCUT2D eigenvalue weighted by molar-refractivity contribution is 5.97. The van der Waals surface area contributed by atoms with E-state index in [-0.39, 0.29) is 36.6 Å². The maximum absolute atomic E-state index is 13.5. The summed E-state index contributed by atoms with van der Waals surface area (Å²) >= 11 is 0. The lowest BCUT2D eigenvalue weighted by Crippen LogP contribution is -2.33. The van der Waals surface area contributed by atoms with Crippen LogP contribution in [0.2, 0.25) is 0 Å². The van der Waals surface area contributed by atoms with Crippen molar-refractivity contribution >= 4 is 11.6 Å². The lowest BCUT2D eigenvalue weighted by molar-refractivity contribution is -0.182. The number of benzene rings is 1. The van der Waals surface area contributed by atoms with E-state index in [1.807, 2.05) is 45.0 Å². The largest absolute Gasteiger partial charge is 0.493 e. The number of hydrogen-bond donors (Lipinski definition) is 1. The predicted octanol–water partition coefficient (Wildman–Crippen LogP) is 6.25.